The van der Waals surface area contributed by atoms with E-state index in [0.717, 1.165) is 56.9 Å². The number of hydrogen-bond donors (Lipinski definition) is 3. The summed E-state index contributed by atoms with van der Waals surface area (Å²) in [6.07, 6.45) is 4.97. The minimum absolute atomic E-state index is 0.0434. The number of carbonyl (C=O) groups excluding carboxylic acids is 3. The van der Waals surface area contributed by atoms with Gasteiger partial charge in [0, 0.05) is 45.2 Å². The third kappa shape index (κ3) is 12.5. The Bertz CT molecular complexity index is 890. The smallest absolute Gasteiger partial charge is 0.228 e. The minimum atomic E-state index is -1.38. The molecule has 9 nitrogen and oxygen atoms in total. The maximum Gasteiger partial charge on any atom is 0.228 e. The van der Waals surface area contributed by atoms with Crippen LogP contribution in [0.3, 0.4) is 0 Å². The van der Waals surface area contributed by atoms with Gasteiger partial charge in [0.15, 0.2) is 0 Å². The number of carbonyl (C=O) groups is 3. The number of ketones is 2. The highest BCUT2D eigenvalue weighted by atomic mass is 16.7. The van der Waals surface area contributed by atoms with E-state index < -0.39 is 24.6 Å². The lowest BCUT2D eigenvalue weighted by Crippen LogP contribution is -2.54. The Morgan fingerprint density at radius 3 is 2.20 bits per heavy atom. The number of aliphatic hydroxyl groups is 3. The van der Waals surface area contributed by atoms with Crippen molar-refractivity contribution in [3.05, 3.63) is 29.8 Å². The highest BCUT2D eigenvalue weighted by molar-refractivity contribution is 5.82. The first-order valence-corrected chi connectivity index (χ1v) is 15.0. The van der Waals surface area contributed by atoms with Crippen molar-refractivity contribution in [1.82, 2.24) is 4.90 Å². The van der Waals surface area contributed by atoms with Gasteiger partial charge < -0.3 is 29.7 Å². The Hall–Kier alpha value is -2.33. The van der Waals surface area contributed by atoms with Crippen molar-refractivity contribution in [1.29, 1.82) is 0 Å². The van der Waals surface area contributed by atoms with E-state index in [0.29, 0.717) is 43.9 Å². The number of rotatable bonds is 20. The SMILES string of the molecule is CCCCC(=O)N(CCCCCCCC(=O)CCC)CCC(=O)Cc1ccc(OC2OCC(O)C(O)C2O)cc1. The predicted molar refractivity (Wildman–Crippen MR) is 152 cm³/mol. The predicted octanol–water partition coefficient (Wildman–Crippen LogP) is 3.73. The molecule has 1 fully saturated rings. The minimum Gasteiger partial charge on any atom is -0.462 e. The third-order valence-electron chi connectivity index (χ3n) is 7.20. The molecule has 1 aliphatic rings. The summed E-state index contributed by atoms with van der Waals surface area (Å²) in [7, 11) is 0. The topological polar surface area (TPSA) is 134 Å². The summed E-state index contributed by atoms with van der Waals surface area (Å²) in [5, 5.41) is 29.4. The number of Topliss-reactive ketones (excluding diaryl/α,β-unsaturated/α-hetero) is 2. The summed E-state index contributed by atoms with van der Waals surface area (Å²) in [5.41, 5.74) is 0.805. The molecule has 9 heteroatoms. The molecule has 226 valence electrons. The Morgan fingerprint density at radius 1 is 0.800 bits per heavy atom. The normalized spacial score (nSPS) is 20.7. The molecule has 1 saturated heterocycles. The quantitative estimate of drug-likeness (QED) is 0.204. The van der Waals surface area contributed by atoms with Crippen LogP contribution in [0.1, 0.15) is 96.5 Å². The zero-order valence-corrected chi connectivity index (χ0v) is 24.3. The van der Waals surface area contributed by atoms with Crippen LogP contribution in [-0.4, -0.2) is 82.0 Å². The lowest BCUT2D eigenvalue weighted by Gasteiger charge is -2.34. The van der Waals surface area contributed by atoms with E-state index in [4.69, 9.17) is 9.47 Å². The Kier molecular flexibility index (Phi) is 16.0. The second kappa shape index (κ2) is 18.9. The second-order valence-electron chi connectivity index (χ2n) is 10.8. The molecular weight excluding hydrogens is 514 g/mol. The van der Waals surface area contributed by atoms with E-state index in [1.165, 1.54) is 0 Å². The Morgan fingerprint density at radius 2 is 1.50 bits per heavy atom. The van der Waals surface area contributed by atoms with Crippen molar-refractivity contribution >= 4 is 17.5 Å². The molecule has 1 heterocycles. The number of ether oxygens (including phenoxy) is 2. The van der Waals surface area contributed by atoms with Crippen molar-refractivity contribution in [2.75, 3.05) is 19.7 Å². The molecule has 4 unspecified atom stereocenters. The van der Waals surface area contributed by atoms with Gasteiger partial charge in [0.2, 0.25) is 12.2 Å². The van der Waals surface area contributed by atoms with Crippen LogP contribution in [0.5, 0.6) is 5.75 Å². The third-order valence-corrected chi connectivity index (χ3v) is 7.20. The number of nitrogens with zero attached hydrogens (tertiary/aromatic N) is 1. The molecule has 0 aliphatic carbocycles. The molecule has 1 aliphatic heterocycles. The highest BCUT2D eigenvalue weighted by Crippen LogP contribution is 2.21. The lowest BCUT2D eigenvalue weighted by atomic mass is 10.0. The van der Waals surface area contributed by atoms with Crippen LogP contribution in [-0.2, 0) is 25.5 Å². The molecule has 4 atom stereocenters. The average molecular weight is 564 g/mol. The van der Waals surface area contributed by atoms with Crippen LogP contribution in [0.4, 0.5) is 0 Å². The standard InChI is InChI=1S/C31H49NO8/c1-3-5-13-28(36)32(19-10-8-6-7-9-12-24(33)11-4-2)20-18-25(34)21-23-14-16-26(17-15-23)40-31-30(38)29(37)27(35)22-39-31/h14-17,27,29-31,35,37-38H,3-13,18-22H2,1-2H3. The van der Waals surface area contributed by atoms with Crippen molar-refractivity contribution in [2.24, 2.45) is 0 Å². The highest BCUT2D eigenvalue weighted by Gasteiger charge is 2.39. The molecule has 3 N–H and O–H groups in total. The molecule has 40 heavy (non-hydrogen) atoms. The van der Waals surface area contributed by atoms with Crippen molar-refractivity contribution in [3.8, 4) is 5.75 Å². The van der Waals surface area contributed by atoms with Crippen LogP contribution in [0.2, 0.25) is 0 Å². The monoisotopic (exact) mass is 563 g/mol. The molecule has 1 aromatic carbocycles. The molecule has 1 amide bonds. The molecule has 1 aromatic rings. The molecule has 0 radical (unpaired) electrons. The van der Waals surface area contributed by atoms with Gasteiger partial charge in [0.05, 0.1) is 6.61 Å². The first-order chi connectivity index (χ1) is 19.2. The lowest BCUT2D eigenvalue weighted by molar-refractivity contribution is -0.242. The largest absolute Gasteiger partial charge is 0.462 e. The van der Waals surface area contributed by atoms with Gasteiger partial charge in [-0.3, -0.25) is 14.4 Å². The summed E-state index contributed by atoms with van der Waals surface area (Å²) in [6, 6.07) is 6.84. The van der Waals surface area contributed by atoms with E-state index >= 15 is 0 Å². The van der Waals surface area contributed by atoms with Gasteiger partial charge in [0.1, 0.15) is 35.6 Å². The molecular formula is C31H49NO8. The first-order valence-electron chi connectivity index (χ1n) is 15.0. The average Bonchev–Trinajstić information content (AvgIpc) is 2.94. The first kappa shape index (κ1) is 33.9. The summed E-state index contributed by atoms with van der Waals surface area (Å²) < 4.78 is 10.8. The summed E-state index contributed by atoms with van der Waals surface area (Å²) in [5.74, 6) is 0.900. The summed E-state index contributed by atoms with van der Waals surface area (Å²) in [6.45, 7) is 5.00. The molecule has 0 spiro atoms. The van der Waals surface area contributed by atoms with Crippen LogP contribution in [0.25, 0.3) is 0 Å². The zero-order chi connectivity index (χ0) is 29.3. The summed E-state index contributed by atoms with van der Waals surface area (Å²) >= 11 is 0. The van der Waals surface area contributed by atoms with Gasteiger partial charge in [0.25, 0.3) is 0 Å². The number of amides is 1. The van der Waals surface area contributed by atoms with Gasteiger partial charge >= 0.3 is 0 Å². The van der Waals surface area contributed by atoms with Crippen LogP contribution < -0.4 is 4.74 Å². The van der Waals surface area contributed by atoms with E-state index in [1.807, 2.05) is 11.8 Å². The van der Waals surface area contributed by atoms with Gasteiger partial charge in [-0.05, 0) is 43.4 Å². The molecule has 0 aromatic heterocycles. The number of benzene rings is 1. The van der Waals surface area contributed by atoms with Crippen LogP contribution in [0.15, 0.2) is 24.3 Å². The number of unbranched alkanes of at least 4 members (excludes halogenated alkanes) is 5. The summed E-state index contributed by atoms with van der Waals surface area (Å²) in [4.78, 5) is 38.9. The molecule has 0 saturated carbocycles. The van der Waals surface area contributed by atoms with Crippen LogP contribution >= 0.6 is 0 Å². The maximum atomic E-state index is 12.7. The fraction of sp³-hybridized carbons (Fsp3) is 0.710. The van der Waals surface area contributed by atoms with Crippen LogP contribution in [0, 0.1) is 0 Å². The fourth-order valence-electron chi connectivity index (χ4n) is 4.68. The van der Waals surface area contributed by atoms with E-state index in [9.17, 15) is 29.7 Å². The van der Waals surface area contributed by atoms with E-state index in [-0.39, 0.29) is 31.1 Å². The number of hydrogen-bond acceptors (Lipinski definition) is 8. The second-order valence-corrected chi connectivity index (χ2v) is 10.8. The van der Waals surface area contributed by atoms with Crippen molar-refractivity contribution in [2.45, 2.75) is 122 Å². The van der Waals surface area contributed by atoms with Gasteiger partial charge in [-0.1, -0.05) is 51.7 Å². The van der Waals surface area contributed by atoms with Gasteiger partial charge in [-0.25, -0.2) is 0 Å². The number of aliphatic hydroxyl groups excluding tert-OH is 3. The zero-order valence-electron chi connectivity index (χ0n) is 24.3. The Labute approximate surface area is 238 Å². The molecule has 0 bridgehead atoms. The van der Waals surface area contributed by atoms with Crippen molar-refractivity contribution in [3.63, 3.8) is 0 Å². The maximum absolute atomic E-state index is 12.7. The van der Waals surface area contributed by atoms with Gasteiger partial charge in [-0.2, -0.15) is 0 Å². The van der Waals surface area contributed by atoms with E-state index in [1.54, 1.807) is 24.3 Å². The fourth-order valence-corrected chi connectivity index (χ4v) is 4.68. The molecule has 2 rings (SSSR count). The van der Waals surface area contributed by atoms with E-state index in [2.05, 4.69) is 6.92 Å². The Balaban J connectivity index is 1.75. The van der Waals surface area contributed by atoms with Crippen molar-refractivity contribution < 1.29 is 39.2 Å². The van der Waals surface area contributed by atoms with Gasteiger partial charge in [-0.15, -0.1) is 0 Å².